The van der Waals surface area contributed by atoms with Crippen LogP contribution in [0.25, 0.3) is 0 Å². The van der Waals surface area contributed by atoms with Gasteiger partial charge in [0.15, 0.2) is 0 Å². The van der Waals surface area contributed by atoms with E-state index in [0.29, 0.717) is 39.7 Å². The van der Waals surface area contributed by atoms with Crippen LogP contribution in [0.3, 0.4) is 0 Å². The van der Waals surface area contributed by atoms with Crippen molar-refractivity contribution in [2.24, 2.45) is 0 Å². The molecule has 0 atom stereocenters. The van der Waals surface area contributed by atoms with Crippen LogP contribution in [0.15, 0.2) is 60.7 Å². The summed E-state index contributed by atoms with van der Waals surface area (Å²) in [7, 11) is 0. The molecule has 28 heavy (non-hydrogen) atoms. The Morgan fingerprint density at radius 3 is 1.79 bits per heavy atom. The van der Waals surface area contributed by atoms with E-state index in [4.69, 9.17) is 25.3 Å². The second kappa shape index (κ2) is 8.07. The van der Waals surface area contributed by atoms with Crippen molar-refractivity contribution in [3.05, 3.63) is 82.9 Å². The first-order valence-corrected chi connectivity index (χ1v) is 8.00. The van der Waals surface area contributed by atoms with E-state index in [1.165, 1.54) is 24.3 Å². The van der Waals surface area contributed by atoms with E-state index in [1.54, 1.807) is 36.4 Å². The quantitative estimate of drug-likeness (QED) is 0.661. The predicted octanol–water partition coefficient (Wildman–Crippen LogP) is 4.76. The smallest absolute Gasteiger partial charge is 0.145 e. The van der Waals surface area contributed by atoms with E-state index in [0.717, 1.165) is 0 Å². The zero-order valence-corrected chi connectivity index (χ0v) is 14.4. The third kappa shape index (κ3) is 4.06. The third-order valence-corrected chi connectivity index (χ3v) is 3.66. The van der Waals surface area contributed by atoms with Crippen molar-refractivity contribution in [3.8, 4) is 47.3 Å². The van der Waals surface area contributed by atoms with Crippen LogP contribution in [0.4, 0.5) is 0 Å². The van der Waals surface area contributed by atoms with E-state index < -0.39 is 0 Å². The van der Waals surface area contributed by atoms with Crippen molar-refractivity contribution in [1.29, 1.82) is 21.0 Å². The fourth-order valence-electron chi connectivity index (χ4n) is 2.43. The minimum atomic E-state index is 0.241. The Hall–Kier alpha value is -4.78. The highest BCUT2D eigenvalue weighted by atomic mass is 16.5. The molecule has 3 aromatic rings. The highest BCUT2D eigenvalue weighted by molar-refractivity contribution is 5.51. The van der Waals surface area contributed by atoms with Crippen LogP contribution < -0.4 is 9.47 Å². The lowest BCUT2D eigenvalue weighted by molar-refractivity contribution is 0.459. The topological polar surface area (TPSA) is 114 Å². The maximum absolute atomic E-state index is 9.25. The number of hydrogen-bond acceptors (Lipinski definition) is 6. The zero-order chi connectivity index (χ0) is 19.9. The van der Waals surface area contributed by atoms with Crippen LogP contribution in [0.2, 0.25) is 0 Å². The Morgan fingerprint density at radius 1 is 0.536 bits per heavy atom. The Labute approximate surface area is 161 Å². The fraction of sp³-hybridized carbons (Fsp3) is 0. The van der Waals surface area contributed by atoms with Crippen LogP contribution in [0, 0.1) is 45.3 Å². The van der Waals surface area contributed by atoms with Crippen LogP contribution >= 0.6 is 0 Å². The van der Waals surface area contributed by atoms with E-state index in [1.807, 2.05) is 24.3 Å². The minimum absolute atomic E-state index is 0.241. The van der Waals surface area contributed by atoms with Gasteiger partial charge in [-0.05, 0) is 48.5 Å². The number of nitrogens with zero attached hydrogens (tertiary/aromatic N) is 4. The van der Waals surface area contributed by atoms with Gasteiger partial charge in [-0.2, -0.15) is 21.0 Å². The summed E-state index contributed by atoms with van der Waals surface area (Å²) in [5.74, 6) is 1.53. The molecule has 0 saturated carbocycles. The molecule has 0 amide bonds. The molecular formula is C22H10N4O2. The standard InChI is InChI=1S/C22H10N4O2/c23-11-15-4-5-22(18(7-15)14-26)28-20-3-1-2-19(10-20)27-21-8-16(12-24)6-17(9-21)13-25/h1-10H. The zero-order valence-electron chi connectivity index (χ0n) is 14.4. The van der Waals surface area contributed by atoms with Gasteiger partial charge in [0.2, 0.25) is 0 Å². The van der Waals surface area contributed by atoms with Gasteiger partial charge in [0, 0.05) is 6.07 Å². The molecule has 0 spiro atoms. The monoisotopic (exact) mass is 362 g/mol. The normalized spacial score (nSPS) is 9.29. The van der Waals surface area contributed by atoms with Crippen LogP contribution in [0.5, 0.6) is 23.0 Å². The van der Waals surface area contributed by atoms with E-state index in [9.17, 15) is 5.26 Å². The van der Waals surface area contributed by atoms with Crippen LogP contribution in [-0.2, 0) is 0 Å². The van der Waals surface area contributed by atoms with Crippen molar-refractivity contribution in [3.63, 3.8) is 0 Å². The molecular weight excluding hydrogens is 352 g/mol. The van der Waals surface area contributed by atoms with Gasteiger partial charge in [0.25, 0.3) is 0 Å². The van der Waals surface area contributed by atoms with Gasteiger partial charge in [-0.1, -0.05) is 6.07 Å². The molecule has 0 aliphatic rings. The number of ether oxygens (including phenoxy) is 2. The van der Waals surface area contributed by atoms with Gasteiger partial charge in [-0.3, -0.25) is 0 Å². The summed E-state index contributed by atoms with van der Waals surface area (Å²) < 4.78 is 11.5. The summed E-state index contributed by atoms with van der Waals surface area (Å²) in [5, 5.41) is 36.3. The van der Waals surface area contributed by atoms with Crippen molar-refractivity contribution < 1.29 is 9.47 Å². The van der Waals surface area contributed by atoms with E-state index in [-0.39, 0.29) is 5.56 Å². The fourth-order valence-corrected chi connectivity index (χ4v) is 2.43. The molecule has 3 aromatic carbocycles. The van der Waals surface area contributed by atoms with Crippen LogP contribution in [-0.4, -0.2) is 0 Å². The highest BCUT2D eigenvalue weighted by Crippen LogP contribution is 2.31. The Bertz CT molecular complexity index is 1190. The predicted molar refractivity (Wildman–Crippen MR) is 98.3 cm³/mol. The summed E-state index contributed by atoms with van der Waals surface area (Å²) in [5.41, 5.74) is 1.24. The second-order valence-electron chi connectivity index (χ2n) is 5.58. The molecule has 0 unspecified atom stereocenters. The summed E-state index contributed by atoms with van der Waals surface area (Å²) in [4.78, 5) is 0. The number of nitriles is 4. The van der Waals surface area contributed by atoms with Gasteiger partial charge >= 0.3 is 0 Å². The first-order chi connectivity index (χ1) is 13.6. The minimum Gasteiger partial charge on any atom is -0.457 e. The largest absolute Gasteiger partial charge is 0.457 e. The first kappa shape index (κ1) is 18.0. The molecule has 0 N–H and O–H groups in total. The summed E-state index contributed by atoms with van der Waals surface area (Å²) in [6.45, 7) is 0. The molecule has 130 valence electrons. The summed E-state index contributed by atoms with van der Waals surface area (Å²) in [6, 6.07) is 23.8. The van der Waals surface area contributed by atoms with Gasteiger partial charge in [-0.15, -0.1) is 0 Å². The van der Waals surface area contributed by atoms with Crippen LogP contribution in [0.1, 0.15) is 22.3 Å². The SMILES string of the molecule is N#Cc1cc(C#N)cc(Oc2cccc(Oc3ccc(C#N)cc3C#N)c2)c1. The molecule has 6 heteroatoms. The molecule has 0 aliphatic carbocycles. The lowest BCUT2D eigenvalue weighted by Gasteiger charge is -2.10. The van der Waals surface area contributed by atoms with Gasteiger partial charge in [-0.25, -0.2) is 0 Å². The summed E-state index contributed by atoms with van der Waals surface area (Å²) >= 11 is 0. The van der Waals surface area contributed by atoms with Crippen molar-refractivity contribution in [2.75, 3.05) is 0 Å². The van der Waals surface area contributed by atoms with Gasteiger partial charge < -0.3 is 9.47 Å². The Kier molecular flexibility index (Phi) is 5.19. The Morgan fingerprint density at radius 2 is 1.18 bits per heavy atom. The molecule has 0 heterocycles. The maximum atomic E-state index is 9.25. The molecule has 0 aromatic heterocycles. The lowest BCUT2D eigenvalue weighted by Crippen LogP contribution is -1.91. The van der Waals surface area contributed by atoms with Crippen molar-refractivity contribution >= 4 is 0 Å². The molecule has 0 saturated heterocycles. The van der Waals surface area contributed by atoms with Gasteiger partial charge in [0.1, 0.15) is 29.1 Å². The molecule has 3 rings (SSSR count). The second-order valence-corrected chi connectivity index (χ2v) is 5.58. The maximum Gasteiger partial charge on any atom is 0.145 e. The summed E-state index contributed by atoms with van der Waals surface area (Å²) in [6.07, 6.45) is 0. The van der Waals surface area contributed by atoms with Crippen molar-refractivity contribution in [2.45, 2.75) is 0 Å². The molecule has 0 aliphatic heterocycles. The van der Waals surface area contributed by atoms with E-state index >= 15 is 0 Å². The molecule has 0 fully saturated rings. The molecule has 0 radical (unpaired) electrons. The first-order valence-electron chi connectivity index (χ1n) is 8.00. The highest BCUT2D eigenvalue weighted by Gasteiger charge is 2.08. The van der Waals surface area contributed by atoms with E-state index in [2.05, 4.69) is 0 Å². The molecule has 6 nitrogen and oxygen atoms in total. The average molecular weight is 362 g/mol. The third-order valence-electron chi connectivity index (χ3n) is 3.66. The van der Waals surface area contributed by atoms with Gasteiger partial charge in [0.05, 0.1) is 40.5 Å². The molecule has 0 bridgehead atoms. The number of benzene rings is 3. The van der Waals surface area contributed by atoms with Crippen molar-refractivity contribution in [1.82, 2.24) is 0 Å². The average Bonchev–Trinajstić information content (AvgIpc) is 2.74. The number of hydrogen-bond donors (Lipinski definition) is 0. The Balaban J connectivity index is 1.87. The lowest BCUT2D eigenvalue weighted by atomic mass is 10.1. The number of rotatable bonds is 4.